The first-order chi connectivity index (χ1) is 6.29. The van der Waals surface area contributed by atoms with Crippen LogP contribution in [0.15, 0.2) is 11.0 Å². The molecule has 0 atom stereocenters. The molecule has 1 aliphatic rings. The van der Waals surface area contributed by atoms with E-state index in [0.717, 1.165) is 12.8 Å². The summed E-state index contributed by atoms with van der Waals surface area (Å²) >= 11 is 0. The quantitative estimate of drug-likeness (QED) is 0.706. The van der Waals surface area contributed by atoms with E-state index in [0.29, 0.717) is 12.0 Å². The highest BCUT2D eigenvalue weighted by atomic mass is 16.5. The van der Waals surface area contributed by atoms with Gasteiger partial charge < -0.3 is 10.1 Å². The lowest BCUT2D eigenvalue weighted by Gasteiger charge is -2.03. The van der Waals surface area contributed by atoms with Crippen LogP contribution in [0.4, 0.5) is 5.95 Å². The van der Waals surface area contributed by atoms with Gasteiger partial charge in [-0.2, -0.15) is 0 Å². The van der Waals surface area contributed by atoms with E-state index in [4.69, 9.17) is 4.74 Å². The fraction of sp³-hybridized carbons (Fsp3) is 0.500. The molecule has 13 heavy (non-hydrogen) atoms. The molecule has 2 rings (SSSR count). The van der Waals surface area contributed by atoms with Gasteiger partial charge in [-0.3, -0.25) is 9.78 Å². The van der Waals surface area contributed by atoms with Gasteiger partial charge in [-0.05, 0) is 12.8 Å². The summed E-state index contributed by atoms with van der Waals surface area (Å²) in [6.45, 7) is 0. The molecule has 0 radical (unpaired) electrons. The largest absolute Gasteiger partial charge is 0.490 e. The molecule has 0 amide bonds. The lowest BCUT2D eigenvalue weighted by Crippen LogP contribution is -2.15. The van der Waals surface area contributed by atoms with E-state index in [-0.39, 0.29) is 11.3 Å². The second-order valence-electron chi connectivity index (χ2n) is 3.05. The highest BCUT2D eigenvalue weighted by Gasteiger charge is 2.21. The molecular weight excluding hydrogens is 170 g/mol. The van der Waals surface area contributed by atoms with E-state index in [1.807, 2.05) is 0 Å². The van der Waals surface area contributed by atoms with Gasteiger partial charge in [0.05, 0.1) is 13.3 Å². The molecule has 1 saturated carbocycles. The number of aromatic amines is 1. The number of aromatic nitrogens is 2. The zero-order valence-corrected chi connectivity index (χ0v) is 7.33. The van der Waals surface area contributed by atoms with Crippen LogP contribution in [0.25, 0.3) is 0 Å². The highest BCUT2D eigenvalue weighted by molar-refractivity contribution is 5.30. The van der Waals surface area contributed by atoms with Crippen LogP contribution in [0.5, 0.6) is 5.75 Å². The molecule has 0 bridgehead atoms. The molecule has 1 aromatic heterocycles. The van der Waals surface area contributed by atoms with Gasteiger partial charge in [0, 0.05) is 6.04 Å². The fourth-order valence-corrected chi connectivity index (χ4v) is 1.02. The zero-order chi connectivity index (χ0) is 9.26. The van der Waals surface area contributed by atoms with Crippen molar-refractivity contribution in [3.05, 3.63) is 16.6 Å². The van der Waals surface area contributed by atoms with Crippen LogP contribution in [0, 0.1) is 0 Å². The summed E-state index contributed by atoms with van der Waals surface area (Å²) in [6.07, 6.45) is 3.72. The SMILES string of the molecule is COc1cnc(NC2CC2)[nH]c1=O. The van der Waals surface area contributed by atoms with E-state index >= 15 is 0 Å². The first-order valence-corrected chi connectivity index (χ1v) is 4.19. The maximum atomic E-state index is 11.2. The Labute approximate surface area is 75.1 Å². The highest BCUT2D eigenvalue weighted by Crippen LogP contribution is 2.22. The summed E-state index contributed by atoms with van der Waals surface area (Å²) in [7, 11) is 1.44. The second-order valence-corrected chi connectivity index (χ2v) is 3.05. The maximum absolute atomic E-state index is 11.2. The number of nitrogens with one attached hydrogen (secondary N) is 2. The number of methoxy groups -OCH3 is 1. The van der Waals surface area contributed by atoms with Crippen molar-refractivity contribution >= 4 is 5.95 Å². The van der Waals surface area contributed by atoms with Gasteiger partial charge in [-0.15, -0.1) is 0 Å². The number of nitrogens with zero attached hydrogens (tertiary/aromatic N) is 1. The fourth-order valence-electron chi connectivity index (χ4n) is 1.02. The Kier molecular flexibility index (Phi) is 1.92. The number of hydrogen-bond acceptors (Lipinski definition) is 4. The molecule has 0 saturated heterocycles. The van der Waals surface area contributed by atoms with E-state index in [2.05, 4.69) is 15.3 Å². The Bertz CT molecular complexity index is 357. The smallest absolute Gasteiger partial charge is 0.294 e. The summed E-state index contributed by atoms with van der Waals surface area (Å²) in [6, 6.07) is 0.483. The van der Waals surface area contributed by atoms with Crippen molar-refractivity contribution in [1.29, 1.82) is 0 Å². The van der Waals surface area contributed by atoms with Gasteiger partial charge in [0.15, 0.2) is 0 Å². The molecule has 0 spiro atoms. The molecule has 1 fully saturated rings. The maximum Gasteiger partial charge on any atom is 0.294 e. The van der Waals surface area contributed by atoms with Gasteiger partial charge in [0.25, 0.3) is 5.56 Å². The van der Waals surface area contributed by atoms with E-state index in [1.165, 1.54) is 13.3 Å². The van der Waals surface area contributed by atoms with Crippen molar-refractivity contribution in [3.8, 4) is 5.75 Å². The van der Waals surface area contributed by atoms with E-state index in [1.54, 1.807) is 0 Å². The van der Waals surface area contributed by atoms with E-state index < -0.39 is 0 Å². The van der Waals surface area contributed by atoms with Crippen LogP contribution in [-0.2, 0) is 0 Å². The first-order valence-electron chi connectivity index (χ1n) is 4.19. The van der Waals surface area contributed by atoms with E-state index in [9.17, 15) is 4.79 Å². The summed E-state index contributed by atoms with van der Waals surface area (Å²) in [5.41, 5.74) is -0.249. The predicted molar refractivity (Wildman–Crippen MR) is 48.1 cm³/mol. The molecule has 0 aromatic carbocycles. The molecule has 70 valence electrons. The van der Waals surface area contributed by atoms with Gasteiger partial charge in [0.2, 0.25) is 11.7 Å². The summed E-state index contributed by atoms with van der Waals surface area (Å²) in [5, 5.41) is 3.09. The molecule has 5 heteroatoms. The summed E-state index contributed by atoms with van der Waals surface area (Å²) in [4.78, 5) is 17.8. The third-order valence-corrected chi connectivity index (χ3v) is 1.90. The minimum Gasteiger partial charge on any atom is -0.490 e. The Morgan fingerprint density at radius 2 is 2.46 bits per heavy atom. The van der Waals surface area contributed by atoms with Crippen LogP contribution in [-0.4, -0.2) is 23.1 Å². The third kappa shape index (κ3) is 1.80. The molecule has 1 aromatic rings. The molecule has 0 unspecified atom stereocenters. The van der Waals surface area contributed by atoms with Gasteiger partial charge in [-0.1, -0.05) is 0 Å². The van der Waals surface area contributed by atoms with Crippen molar-refractivity contribution in [1.82, 2.24) is 9.97 Å². The zero-order valence-electron chi connectivity index (χ0n) is 7.33. The topological polar surface area (TPSA) is 67.0 Å². The Morgan fingerprint density at radius 3 is 3.00 bits per heavy atom. The summed E-state index contributed by atoms with van der Waals surface area (Å²) < 4.78 is 4.79. The monoisotopic (exact) mass is 181 g/mol. The van der Waals surface area contributed by atoms with Crippen molar-refractivity contribution in [2.24, 2.45) is 0 Å². The van der Waals surface area contributed by atoms with Gasteiger partial charge >= 0.3 is 0 Å². The molecule has 2 N–H and O–H groups in total. The number of ether oxygens (including phenoxy) is 1. The average molecular weight is 181 g/mol. The normalized spacial score (nSPS) is 15.5. The van der Waals surface area contributed by atoms with Crippen molar-refractivity contribution in [2.45, 2.75) is 18.9 Å². The number of anilines is 1. The average Bonchev–Trinajstić information content (AvgIpc) is 2.89. The summed E-state index contributed by atoms with van der Waals surface area (Å²) in [5.74, 6) is 0.759. The lowest BCUT2D eigenvalue weighted by atomic mass is 10.6. The minimum atomic E-state index is -0.249. The van der Waals surface area contributed by atoms with Crippen LogP contribution in [0.2, 0.25) is 0 Å². The van der Waals surface area contributed by atoms with Crippen molar-refractivity contribution in [3.63, 3.8) is 0 Å². The van der Waals surface area contributed by atoms with Gasteiger partial charge in [0.1, 0.15) is 0 Å². The standard InChI is InChI=1S/C8H11N3O2/c1-13-6-4-9-8(11-7(6)12)10-5-2-3-5/h4-5H,2-3H2,1H3,(H2,9,10,11,12). The molecule has 1 aliphatic carbocycles. The Hall–Kier alpha value is -1.52. The Balaban J connectivity index is 2.19. The third-order valence-electron chi connectivity index (χ3n) is 1.90. The lowest BCUT2D eigenvalue weighted by molar-refractivity contribution is 0.406. The van der Waals surface area contributed by atoms with Crippen LogP contribution in [0.1, 0.15) is 12.8 Å². The molecule has 5 nitrogen and oxygen atoms in total. The first kappa shape index (κ1) is 8.10. The Morgan fingerprint density at radius 1 is 1.69 bits per heavy atom. The number of hydrogen-bond donors (Lipinski definition) is 2. The van der Waals surface area contributed by atoms with Gasteiger partial charge in [-0.25, -0.2) is 4.98 Å². The molecular formula is C8H11N3O2. The van der Waals surface area contributed by atoms with Crippen LogP contribution in [0.3, 0.4) is 0 Å². The van der Waals surface area contributed by atoms with Crippen LogP contribution < -0.4 is 15.6 Å². The van der Waals surface area contributed by atoms with Crippen LogP contribution >= 0.6 is 0 Å². The van der Waals surface area contributed by atoms with Crippen molar-refractivity contribution in [2.75, 3.05) is 12.4 Å². The minimum absolute atomic E-state index is 0.237. The number of rotatable bonds is 3. The van der Waals surface area contributed by atoms with Crippen molar-refractivity contribution < 1.29 is 4.74 Å². The molecule has 1 heterocycles. The number of H-pyrrole nitrogens is 1. The predicted octanol–water partition coefficient (Wildman–Crippen LogP) is 0.353. The second kappa shape index (κ2) is 3.08. The molecule has 0 aliphatic heterocycles.